The highest BCUT2D eigenvalue weighted by molar-refractivity contribution is 5.26. The van der Waals surface area contributed by atoms with Crippen LogP contribution in [0.5, 0.6) is 5.75 Å². The van der Waals surface area contributed by atoms with Crippen LogP contribution in [0.25, 0.3) is 0 Å². The predicted octanol–water partition coefficient (Wildman–Crippen LogP) is -0.0891. The first kappa shape index (κ1) is 11.0. The van der Waals surface area contributed by atoms with Gasteiger partial charge in [-0.25, -0.2) is 0 Å². The molecule has 4 nitrogen and oxygen atoms in total. The van der Waals surface area contributed by atoms with E-state index in [2.05, 4.69) is 0 Å². The number of hydrogen-bond acceptors (Lipinski definition) is 4. The van der Waals surface area contributed by atoms with Crippen LogP contribution in [0.1, 0.15) is 5.56 Å². The molecular weight excluding hydrogens is 184 g/mol. The summed E-state index contributed by atoms with van der Waals surface area (Å²) >= 11 is 0. The zero-order valence-corrected chi connectivity index (χ0v) is 7.76. The van der Waals surface area contributed by atoms with E-state index in [1.807, 2.05) is 0 Å². The first-order valence-corrected chi connectivity index (χ1v) is 4.37. The Hall–Kier alpha value is -1.10. The second kappa shape index (κ2) is 5.59. The van der Waals surface area contributed by atoms with Crippen molar-refractivity contribution in [3.63, 3.8) is 0 Å². The number of hydrogen-bond donors (Lipinski definition) is 3. The summed E-state index contributed by atoms with van der Waals surface area (Å²) in [5.41, 5.74) is 0.806. The van der Waals surface area contributed by atoms with Crippen LogP contribution in [0.15, 0.2) is 24.3 Å². The van der Waals surface area contributed by atoms with Gasteiger partial charge in [-0.3, -0.25) is 0 Å². The number of benzene rings is 1. The fraction of sp³-hybridized carbons (Fsp3) is 0.400. The Balaban J connectivity index is 2.43. The summed E-state index contributed by atoms with van der Waals surface area (Å²) in [5.74, 6) is 0.606. The fourth-order valence-electron chi connectivity index (χ4n) is 0.936. The van der Waals surface area contributed by atoms with E-state index in [4.69, 9.17) is 20.1 Å². The molecule has 0 saturated carbocycles. The molecule has 1 unspecified atom stereocenters. The van der Waals surface area contributed by atoms with Gasteiger partial charge in [-0.1, -0.05) is 12.1 Å². The van der Waals surface area contributed by atoms with E-state index in [9.17, 15) is 0 Å². The Labute approximate surface area is 82.4 Å². The lowest BCUT2D eigenvalue weighted by Gasteiger charge is -2.09. The van der Waals surface area contributed by atoms with E-state index in [1.54, 1.807) is 24.3 Å². The second-order valence-corrected chi connectivity index (χ2v) is 2.95. The molecule has 0 saturated heterocycles. The molecule has 1 aromatic carbocycles. The van der Waals surface area contributed by atoms with Gasteiger partial charge in [-0.15, -0.1) is 0 Å². The molecular formula is C10H14O4. The van der Waals surface area contributed by atoms with Crippen molar-refractivity contribution in [2.24, 2.45) is 0 Å². The number of rotatable bonds is 5. The van der Waals surface area contributed by atoms with Crippen molar-refractivity contribution in [1.29, 1.82) is 0 Å². The second-order valence-electron chi connectivity index (χ2n) is 2.95. The van der Waals surface area contributed by atoms with Gasteiger partial charge < -0.3 is 20.1 Å². The van der Waals surface area contributed by atoms with E-state index >= 15 is 0 Å². The Morgan fingerprint density at radius 2 is 1.79 bits per heavy atom. The summed E-state index contributed by atoms with van der Waals surface area (Å²) in [6.45, 7) is -0.247. The molecule has 0 aliphatic rings. The molecule has 0 heterocycles. The third-order valence-corrected chi connectivity index (χ3v) is 1.76. The first-order chi connectivity index (χ1) is 6.76. The molecule has 0 spiro atoms. The number of ether oxygens (including phenoxy) is 1. The Kier molecular flexibility index (Phi) is 4.39. The summed E-state index contributed by atoms with van der Waals surface area (Å²) in [6, 6.07) is 6.88. The van der Waals surface area contributed by atoms with Gasteiger partial charge in [0.1, 0.15) is 18.5 Å². The van der Waals surface area contributed by atoms with Crippen LogP contribution < -0.4 is 4.74 Å². The van der Waals surface area contributed by atoms with Gasteiger partial charge >= 0.3 is 0 Å². The molecule has 0 radical (unpaired) electrons. The van der Waals surface area contributed by atoms with E-state index < -0.39 is 6.10 Å². The molecule has 0 aromatic heterocycles. The van der Waals surface area contributed by atoms with Gasteiger partial charge in [0.05, 0.1) is 13.2 Å². The van der Waals surface area contributed by atoms with Crippen molar-refractivity contribution < 1.29 is 20.1 Å². The summed E-state index contributed by atoms with van der Waals surface area (Å²) in [6.07, 6.45) is -0.854. The van der Waals surface area contributed by atoms with Crippen LogP contribution in [0, 0.1) is 0 Å². The van der Waals surface area contributed by atoms with Gasteiger partial charge in [-0.05, 0) is 17.7 Å². The predicted molar refractivity (Wildman–Crippen MR) is 51.0 cm³/mol. The molecule has 1 atom stereocenters. The lowest BCUT2D eigenvalue weighted by molar-refractivity contribution is 0.0536. The fourth-order valence-corrected chi connectivity index (χ4v) is 0.936. The van der Waals surface area contributed by atoms with Gasteiger partial charge in [-0.2, -0.15) is 0 Å². The normalized spacial score (nSPS) is 12.5. The molecule has 0 fully saturated rings. The highest BCUT2D eigenvalue weighted by Gasteiger charge is 2.02. The smallest absolute Gasteiger partial charge is 0.119 e. The highest BCUT2D eigenvalue weighted by Crippen LogP contribution is 2.12. The molecule has 0 aliphatic carbocycles. The Morgan fingerprint density at radius 1 is 1.14 bits per heavy atom. The average Bonchev–Trinajstić information content (AvgIpc) is 2.26. The molecule has 4 heteroatoms. The van der Waals surface area contributed by atoms with Crippen LogP contribution in [-0.2, 0) is 6.61 Å². The Bertz CT molecular complexity index is 257. The van der Waals surface area contributed by atoms with Gasteiger partial charge in [0, 0.05) is 0 Å². The average molecular weight is 198 g/mol. The van der Waals surface area contributed by atoms with Crippen molar-refractivity contribution in [3.05, 3.63) is 29.8 Å². The third-order valence-electron chi connectivity index (χ3n) is 1.76. The number of aliphatic hydroxyl groups excluding tert-OH is 3. The van der Waals surface area contributed by atoms with Gasteiger partial charge in [0.25, 0.3) is 0 Å². The minimum absolute atomic E-state index is 0.000451. The molecule has 3 N–H and O–H groups in total. The highest BCUT2D eigenvalue weighted by atomic mass is 16.5. The minimum Gasteiger partial charge on any atom is -0.491 e. The van der Waals surface area contributed by atoms with Crippen molar-refractivity contribution >= 4 is 0 Å². The summed E-state index contributed by atoms with van der Waals surface area (Å²) in [7, 11) is 0. The SMILES string of the molecule is OCc1ccc(OCC(O)CO)cc1. The zero-order valence-electron chi connectivity index (χ0n) is 7.76. The molecule has 78 valence electrons. The van der Waals surface area contributed by atoms with Gasteiger partial charge in [0.2, 0.25) is 0 Å². The molecule has 1 aromatic rings. The van der Waals surface area contributed by atoms with Crippen molar-refractivity contribution in [2.75, 3.05) is 13.2 Å². The van der Waals surface area contributed by atoms with E-state index in [1.165, 1.54) is 0 Å². The van der Waals surface area contributed by atoms with Crippen LogP contribution >= 0.6 is 0 Å². The lowest BCUT2D eigenvalue weighted by atomic mass is 10.2. The topological polar surface area (TPSA) is 69.9 Å². The van der Waals surface area contributed by atoms with Crippen LogP contribution in [0.3, 0.4) is 0 Å². The number of aliphatic hydroxyl groups is 3. The van der Waals surface area contributed by atoms with E-state index in [0.717, 1.165) is 5.56 Å². The van der Waals surface area contributed by atoms with Crippen molar-refractivity contribution in [1.82, 2.24) is 0 Å². The van der Waals surface area contributed by atoms with Crippen LogP contribution in [0.2, 0.25) is 0 Å². The first-order valence-electron chi connectivity index (χ1n) is 4.37. The summed E-state index contributed by atoms with van der Waals surface area (Å²) < 4.78 is 5.17. The monoisotopic (exact) mass is 198 g/mol. The third kappa shape index (κ3) is 3.33. The van der Waals surface area contributed by atoms with Crippen LogP contribution in [0.4, 0.5) is 0 Å². The maximum absolute atomic E-state index is 9.01. The maximum Gasteiger partial charge on any atom is 0.119 e. The molecule has 14 heavy (non-hydrogen) atoms. The van der Waals surface area contributed by atoms with Crippen LogP contribution in [-0.4, -0.2) is 34.6 Å². The molecule has 0 amide bonds. The summed E-state index contributed by atoms with van der Waals surface area (Å²) in [4.78, 5) is 0. The minimum atomic E-state index is -0.854. The van der Waals surface area contributed by atoms with Crippen molar-refractivity contribution in [2.45, 2.75) is 12.7 Å². The van der Waals surface area contributed by atoms with E-state index in [-0.39, 0.29) is 19.8 Å². The van der Waals surface area contributed by atoms with E-state index in [0.29, 0.717) is 5.75 Å². The summed E-state index contributed by atoms with van der Waals surface area (Å²) in [5, 5.41) is 26.3. The van der Waals surface area contributed by atoms with Gasteiger partial charge in [0.15, 0.2) is 0 Å². The molecule has 0 aliphatic heterocycles. The standard InChI is InChI=1S/C10H14O4/c11-5-8-1-3-10(4-2-8)14-7-9(13)6-12/h1-4,9,11-13H,5-7H2. The quantitative estimate of drug-likeness (QED) is 0.618. The lowest BCUT2D eigenvalue weighted by Crippen LogP contribution is -2.21. The largest absolute Gasteiger partial charge is 0.491 e. The van der Waals surface area contributed by atoms with Crippen molar-refractivity contribution in [3.8, 4) is 5.75 Å². The Morgan fingerprint density at radius 3 is 2.29 bits per heavy atom. The maximum atomic E-state index is 9.01. The molecule has 0 bridgehead atoms. The zero-order chi connectivity index (χ0) is 10.4. The molecule has 1 rings (SSSR count).